The zero-order valence-corrected chi connectivity index (χ0v) is 9.31. The van der Waals surface area contributed by atoms with E-state index in [0.29, 0.717) is 0 Å². The fraction of sp³-hybridized carbons (Fsp3) is 0.333. The lowest BCUT2D eigenvalue weighted by Gasteiger charge is -2.06. The van der Waals surface area contributed by atoms with Crippen molar-refractivity contribution in [2.75, 3.05) is 25.6 Å². The number of rotatable bonds is 5. The SMILES string of the molecule is COCCCNc1nncc2ccccc12. The number of methoxy groups -OCH3 is 1. The summed E-state index contributed by atoms with van der Waals surface area (Å²) >= 11 is 0. The van der Waals surface area contributed by atoms with Crippen LogP contribution in [0.2, 0.25) is 0 Å². The number of nitrogens with one attached hydrogen (secondary N) is 1. The van der Waals surface area contributed by atoms with Gasteiger partial charge in [0, 0.05) is 31.0 Å². The van der Waals surface area contributed by atoms with Gasteiger partial charge in [-0.05, 0) is 6.42 Å². The van der Waals surface area contributed by atoms with Crippen LogP contribution in [0.3, 0.4) is 0 Å². The first-order chi connectivity index (χ1) is 7.92. The van der Waals surface area contributed by atoms with E-state index in [4.69, 9.17) is 4.74 Å². The van der Waals surface area contributed by atoms with Crippen molar-refractivity contribution in [2.24, 2.45) is 0 Å². The molecule has 0 saturated carbocycles. The Morgan fingerprint density at radius 3 is 3.06 bits per heavy atom. The van der Waals surface area contributed by atoms with Crippen LogP contribution in [0.1, 0.15) is 6.42 Å². The molecule has 1 aromatic heterocycles. The summed E-state index contributed by atoms with van der Waals surface area (Å²) in [6.45, 7) is 1.60. The number of nitrogens with zero attached hydrogens (tertiary/aromatic N) is 2. The first kappa shape index (κ1) is 10.8. The maximum atomic E-state index is 4.99. The highest BCUT2D eigenvalue weighted by molar-refractivity contribution is 5.90. The number of ether oxygens (including phenoxy) is 1. The second kappa shape index (κ2) is 5.42. The molecule has 0 spiro atoms. The van der Waals surface area contributed by atoms with E-state index < -0.39 is 0 Å². The average molecular weight is 217 g/mol. The number of anilines is 1. The first-order valence-corrected chi connectivity index (χ1v) is 5.35. The Hall–Kier alpha value is -1.68. The number of aromatic nitrogens is 2. The number of fused-ring (bicyclic) bond motifs is 1. The second-order valence-corrected chi connectivity index (χ2v) is 3.55. The zero-order chi connectivity index (χ0) is 11.2. The Morgan fingerprint density at radius 2 is 2.19 bits per heavy atom. The van der Waals surface area contributed by atoms with Gasteiger partial charge in [0.2, 0.25) is 0 Å². The van der Waals surface area contributed by atoms with Gasteiger partial charge in [0.15, 0.2) is 5.82 Å². The van der Waals surface area contributed by atoms with Crippen molar-refractivity contribution in [1.29, 1.82) is 0 Å². The normalized spacial score (nSPS) is 10.6. The predicted molar refractivity (Wildman–Crippen MR) is 64.5 cm³/mol. The van der Waals surface area contributed by atoms with Crippen molar-refractivity contribution in [3.63, 3.8) is 0 Å². The van der Waals surface area contributed by atoms with Crippen molar-refractivity contribution < 1.29 is 4.74 Å². The number of benzene rings is 1. The van der Waals surface area contributed by atoms with Crippen LogP contribution in [-0.2, 0) is 4.74 Å². The topological polar surface area (TPSA) is 47.0 Å². The summed E-state index contributed by atoms with van der Waals surface area (Å²) < 4.78 is 4.99. The standard InChI is InChI=1S/C12H15N3O/c1-16-8-4-7-13-12-11-6-3-2-5-10(11)9-14-15-12/h2-3,5-6,9H,4,7-8H2,1H3,(H,13,15). The Balaban J connectivity index is 2.11. The molecule has 0 unspecified atom stereocenters. The Labute approximate surface area is 94.6 Å². The molecular formula is C12H15N3O. The molecule has 2 aromatic rings. The van der Waals surface area contributed by atoms with E-state index in [1.165, 1.54) is 0 Å². The van der Waals surface area contributed by atoms with Crippen LogP contribution in [0.4, 0.5) is 5.82 Å². The van der Waals surface area contributed by atoms with Crippen LogP contribution >= 0.6 is 0 Å². The van der Waals surface area contributed by atoms with Crippen LogP contribution < -0.4 is 5.32 Å². The largest absolute Gasteiger partial charge is 0.385 e. The van der Waals surface area contributed by atoms with Gasteiger partial charge < -0.3 is 10.1 Å². The molecule has 0 bridgehead atoms. The molecule has 0 saturated heterocycles. The summed E-state index contributed by atoms with van der Waals surface area (Å²) in [5, 5.41) is 13.5. The lowest BCUT2D eigenvalue weighted by molar-refractivity contribution is 0.198. The highest BCUT2D eigenvalue weighted by atomic mass is 16.5. The molecule has 2 rings (SSSR count). The quantitative estimate of drug-likeness (QED) is 0.779. The maximum absolute atomic E-state index is 4.99. The summed E-state index contributed by atoms with van der Waals surface area (Å²) in [4.78, 5) is 0. The first-order valence-electron chi connectivity index (χ1n) is 5.35. The van der Waals surface area contributed by atoms with Gasteiger partial charge in [-0.2, -0.15) is 5.10 Å². The number of hydrogen-bond donors (Lipinski definition) is 1. The molecule has 0 aliphatic rings. The molecule has 84 valence electrons. The van der Waals surface area contributed by atoms with Gasteiger partial charge in [-0.15, -0.1) is 5.10 Å². The minimum absolute atomic E-state index is 0.755. The average Bonchev–Trinajstić information content (AvgIpc) is 2.35. The van der Waals surface area contributed by atoms with Crippen molar-refractivity contribution in [3.8, 4) is 0 Å². The highest BCUT2D eigenvalue weighted by Gasteiger charge is 2.01. The monoisotopic (exact) mass is 217 g/mol. The molecule has 1 aromatic carbocycles. The van der Waals surface area contributed by atoms with E-state index in [2.05, 4.69) is 15.5 Å². The molecule has 0 atom stereocenters. The molecule has 0 radical (unpaired) electrons. The molecule has 0 aliphatic carbocycles. The van der Waals surface area contributed by atoms with Crippen LogP contribution in [0.15, 0.2) is 30.5 Å². The fourth-order valence-corrected chi connectivity index (χ4v) is 1.58. The molecule has 16 heavy (non-hydrogen) atoms. The summed E-state index contributed by atoms with van der Waals surface area (Å²) in [5.74, 6) is 0.842. The van der Waals surface area contributed by atoms with E-state index in [1.807, 2.05) is 24.3 Å². The van der Waals surface area contributed by atoms with E-state index in [1.54, 1.807) is 13.3 Å². The predicted octanol–water partition coefficient (Wildman–Crippen LogP) is 2.08. The Bertz CT molecular complexity index is 453. The molecule has 4 nitrogen and oxygen atoms in total. The molecular weight excluding hydrogens is 202 g/mol. The highest BCUT2D eigenvalue weighted by Crippen LogP contribution is 2.18. The molecule has 4 heteroatoms. The third kappa shape index (κ3) is 2.46. The van der Waals surface area contributed by atoms with Crippen molar-refractivity contribution in [1.82, 2.24) is 10.2 Å². The molecule has 1 N–H and O–H groups in total. The maximum Gasteiger partial charge on any atom is 0.156 e. The molecule has 0 fully saturated rings. The van der Waals surface area contributed by atoms with Gasteiger partial charge in [0.25, 0.3) is 0 Å². The third-order valence-electron chi connectivity index (χ3n) is 2.39. The summed E-state index contributed by atoms with van der Waals surface area (Å²) in [6.07, 6.45) is 2.73. The Morgan fingerprint density at radius 1 is 1.31 bits per heavy atom. The van der Waals surface area contributed by atoms with Crippen molar-refractivity contribution in [3.05, 3.63) is 30.5 Å². The molecule has 0 aliphatic heterocycles. The van der Waals surface area contributed by atoms with E-state index in [0.717, 1.165) is 36.2 Å². The van der Waals surface area contributed by atoms with Gasteiger partial charge in [0.1, 0.15) is 0 Å². The lowest BCUT2D eigenvalue weighted by Crippen LogP contribution is -2.06. The lowest BCUT2D eigenvalue weighted by atomic mass is 10.2. The minimum Gasteiger partial charge on any atom is -0.385 e. The smallest absolute Gasteiger partial charge is 0.156 e. The van der Waals surface area contributed by atoms with E-state index in [-0.39, 0.29) is 0 Å². The summed E-state index contributed by atoms with van der Waals surface area (Å²) in [7, 11) is 1.71. The number of hydrogen-bond acceptors (Lipinski definition) is 4. The molecule has 0 amide bonds. The van der Waals surface area contributed by atoms with Gasteiger partial charge >= 0.3 is 0 Å². The third-order valence-corrected chi connectivity index (χ3v) is 2.39. The van der Waals surface area contributed by atoms with Gasteiger partial charge in [-0.25, -0.2) is 0 Å². The van der Waals surface area contributed by atoms with Crippen LogP contribution in [0.5, 0.6) is 0 Å². The van der Waals surface area contributed by atoms with Crippen molar-refractivity contribution in [2.45, 2.75) is 6.42 Å². The zero-order valence-electron chi connectivity index (χ0n) is 9.31. The van der Waals surface area contributed by atoms with Crippen molar-refractivity contribution >= 4 is 16.6 Å². The Kier molecular flexibility index (Phi) is 3.66. The fourth-order valence-electron chi connectivity index (χ4n) is 1.58. The van der Waals surface area contributed by atoms with E-state index in [9.17, 15) is 0 Å². The van der Waals surface area contributed by atoms with Crippen LogP contribution in [-0.4, -0.2) is 30.5 Å². The summed E-state index contributed by atoms with van der Waals surface area (Å²) in [6, 6.07) is 8.08. The van der Waals surface area contributed by atoms with Crippen LogP contribution in [0.25, 0.3) is 10.8 Å². The van der Waals surface area contributed by atoms with Crippen LogP contribution in [0, 0.1) is 0 Å². The molecule has 1 heterocycles. The van der Waals surface area contributed by atoms with Gasteiger partial charge in [-0.1, -0.05) is 24.3 Å². The minimum atomic E-state index is 0.755. The van der Waals surface area contributed by atoms with Gasteiger partial charge in [-0.3, -0.25) is 0 Å². The second-order valence-electron chi connectivity index (χ2n) is 3.55. The van der Waals surface area contributed by atoms with E-state index >= 15 is 0 Å². The summed E-state index contributed by atoms with van der Waals surface area (Å²) in [5.41, 5.74) is 0. The van der Waals surface area contributed by atoms with Gasteiger partial charge in [0.05, 0.1) is 6.20 Å².